The molecule has 110 valence electrons. The number of carbonyl (C=O) groups excluding carboxylic acids is 2. The number of nitrogens with one attached hydrogen (secondary N) is 2. The lowest BCUT2D eigenvalue weighted by Crippen LogP contribution is -2.28. The molecule has 20 heavy (non-hydrogen) atoms. The van der Waals surface area contributed by atoms with Gasteiger partial charge in [-0.15, -0.1) is 0 Å². The predicted octanol–water partition coefficient (Wildman–Crippen LogP) is 2.19. The molecule has 0 aliphatic heterocycles. The van der Waals surface area contributed by atoms with E-state index in [-0.39, 0.29) is 24.3 Å². The van der Waals surface area contributed by atoms with Gasteiger partial charge in [0.05, 0.1) is 0 Å². The van der Waals surface area contributed by atoms with E-state index in [1.165, 1.54) is 0 Å². The maximum atomic E-state index is 11.7. The van der Waals surface area contributed by atoms with Gasteiger partial charge >= 0.3 is 0 Å². The third kappa shape index (κ3) is 5.30. The number of hydrogen-bond donors (Lipinski definition) is 2. The second kappa shape index (κ2) is 8.19. The van der Waals surface area contributed by atoms with Crippen LogP contribution in [0.1, 0.15) is 27.2 Å². The van der Waals surface area contributed by atoms with Crippen LogP contribution in [0, 0.1) is 5.92 Å². The first-order valence-corrected chi connectivity index (χ1v) is 6.87. The normalized spacial score (nSPS) is 11.6. The van der Waals surface area contributed by atoms with Gasteiger partial charge in [0, 0.05) is 18.2 Å². The quantitative estimate of drug-likeness (QED) is 0.803. The van der Waals surface area contributed by atoms with Crippen LogP contribution in [0.15, 0.2) is 24.3 Å². The van der Waals surface area contributed by atoms with E-state index in [0.717, 1.165) is 12.1 Å². The number of amides is 2. The summed E-state index contributed by atoms with van der Waals surface area (Å²) in [5.41, 5.74) is 0.723. The Hall–Kier alpha value is -2.04. The molecule has 0 saturated carbocycles. The lowest BCUT2D eigenvalue weighted by Gasteiger charge is -2.11. The van der Waals surface area contributed by atoms with E-state index >= 15 is 0 Å². The van der Waals surface area contributed by atoms with Gasteiger partial charge in [0.25, 0.3) is 5.91 Å². The lowest BCUT2D eigenvalue weighted by atomic mass is 10.1. The van der Waals surface area contributed by atoms with Gasteiger partial charge in [-0.25, -0.2) is 0 Å². The molecule has 0 fully saturated rings. The number of hydrogen-bond acceptors (Lipinski definition) is 3. The van der Waals surface area contributed by atoms with Crippen molar-refractivity contribution in [1.29, 1.82) is 0 Å². The first-order valence-electron chi connectivity index (χ1n) is 6.87. The van der Waals surface area contributed by atoms with Gasteiger partial charge in [-0.3, -0.25) is 9.59 Å². The van der Waals surface area contributed by atoms with Crippen LogP contribution in [0.4, 0.5) is 5.69 Å². The second-order valence-corrected chi connectivity index (χ2v) is 4.57. The summed E-state index contributed by atoms with van der Waals surface area (Å²) in [5.74, 6) is 0.437. The molecule has 0 bridgehead atoms. The van der Waals surface area contributed by atoms with Gasteiger partial charge in [-0.2, -0.15) is 0 Å². The molecule has 2 N–H and O–H groups in total. The number of carbonyl (C=O) groups is 2. The zero-order valence-corrected chi connectivity index (χ0v) is 12.2. The predicted molar refractivity (Wildman–Crippen MR) is 78.7 cm³/mol. The number of anilines is 1. The molecule has 0 aromatic heterocycles. The fourth-order valence-corrected chi connectivity index (χ4v) is 1.48. The Labute approximate surface area is 119 Å². The maximum absolute atomic E-state index is 11.7. The van der Waals surface area contributed by atoms with Crippen LogP contribution in [0.5, 0.6) is 5.75 Å². The summed E-state index contributed by atoms with van der Waals surface area (Å²) >= 11 is 0. The van der Waals surface area contributed by atoms with Gasteiger partial charge < -0.3 is 15.4 Å². The number of likely N-dealkylation sites (N-methyl/N-ethyl adjacent to an activating group) is 1. The highest BCUT2D eigenvalue weighted by Crippen LogP contribution is 2.16. The van der Waals surface area contributed by atoms with E-state index in [1.54, 1.807) is 24.3 Å². The van der Waals surface area contributed by atoms with Crippen molar-refractivity contribution in [3.05, 3.63) is 24.3 Å². The molecule has 1 aromatic carbocycles. The van der Waals surface area contributed by atoms with Gasteiger partial charge in [0.15, 0.2) is 6.61 Å². The number of ether oxygens (including phenoxy) is 1. The minimum Gasteiger partial charge on any atom is -0.484 e. The van der Waals surface area contributed by atoms with Gasteiger partial charge in [-0.1, -0.05) is 13.8 Å². The summed E-state index contributed by atoms with van der Waals surface area (Å²) in [6.45, 7) is 6.30. The van der Waals surface area contributed by atoms with E-state index in [2.05, 4.69) is 10.6 Å². The van der Waals surface area contributed by atoms with Crippen molar-refractivity contribution in [1.82, 2.24) is 5.32 Å². The molecule has 1 atom stereocenters. The Morgan fingerprint density at radius 1 is 1.20 bits per heavy atom. The van der Waals surface area contributed by atoms with Crippen LogP contribution >= 0.6 is 0 Å². The van der Waals surface area contributed by atoms with Crippen molar-refractivity contribution >= 4 is 17.5 Å². The third-order valence-corrected chi connectivity index (χ3v) is 2.93. The van der Waals surface area contributed by atoms with Crippen molar-refractivity contribution in [2.24, 2.45) is 5.92 Å². The smallest absolute Gasteiger partial charge is 0.257 e. The molecule has 0 heterocycles. The molecule has 1 rings (SSSR count). The SMILES string of the molecule is CCNC(=O)COc1ccc(NC(=O)C(C)CC)cc1. The van der Waals surface area contributed by atoms with Gasteiger partial charge in [0.1, 0.15) is 5.75 Å². The van der Waals surface area contributed by atoms with Crippen molar-refractivity contribution in [3.63, 3.8) is 0 Å². The zero-order chi connectivity index (χ0) is 15.0. The van der Waals surface area contributed by atoms with Crippen molar-refractivity contribution in [2.45, 2.75) is 27.2 Å². The van der Waals surface area contributed by atoms with Gasteiger partial charge in [0.2, 0.25) is 5.91 Å². The summed E-state index contributed by atoms with van der Waals surface area (Å²) in [4.78, 5) is 23.0. The Bertz CT molecular complexity index is 443. The molecule has 1 unspecified atom stereocenters. The van der Waals surface area contributed by atoms with Gasteiger partial charge in [-0.05, 0) is 37.6 Å². The third-order valence-electron chi connectivity index (χ3n) is 2.93. The lowest BCUT2D eigenvalue weighted by molar-refractivity contribution is -0.123. The molecule has 1 aromatic rings. The number of rotatable bonds is 7. The second-order valence-electron chi connectivity index (χ2n) is 4.57. The highest BCUT2D eigenvalue weighted by molar-refractivity contribution is 5.92. The van der Waals surface area contributed by atoms with Crippen molar-refractivity contribution < 1.29 is 14.3 Å². The Kier molecular flexibility index (Phi) is 6.56. The summed E-state index contributed by atoms with van der Waals surface area (Å²) < 4.78 is 5.32. The topological polar surface area (TPSA) is 67.4 Å². The van der Waals surface area contributed by atoms with Crippen LogP contribution in [0.2, 0.25) is 0 Å². The first-order chi connectivity index (χ1) is 9.56. The molecule has 5 nitrogen and oxygen atoms in total. The van der Waals surface area contributed by atoms with E-state index in [9.17, 15) is 9.59 Å². The van der Waals surface area contributed by atoms with E-state index in [4.69, 9.17) is 4.74 Å². The summed E-state index contributed by atoms with van der Waals surface area (Å²) in [7, 11) is 0. The fourth-order valence-electron chi connectivity index (χ4n) is 1.48. The molecule has 0 aliphatic carbocycles. The first kappa shape index (κ1) is 16.0. The highest BCUT2D eigenvalue weighted by atomic mass is 16.5. The molecular formula is C15H22N2O3. The van der Waals surface area contributed by atoms with E-state index < -0.39 is 0 Å². The summed E-state index contributed by atoms with van der Waals surface area (Å²) in [5, 5.41) is 5.48. The molecular weight excluding hydrogens is 256 g/mol. The minimum absolute atomic E-state index is 0.00323. The Morgan fingerprint density at radius 3 is 2.40 bits per heavy atom. The minimum atomic E-state index is -0.151. The fraction of sp³-hybridized carbons (Fsp3) is 0.467. The summed E-state index contributed by atoms with van der Waals surface area (Å²) in [6.07, 6.45) is 0.805. The summed E-state index contributed by atoms with van der Waals surface area (Å²) in [6, 6.07) is 6.97. The van der Waals surface area contributed by atoms with Crippen LogP contribution < -0.4 is 15.4 Å². The average Bonchev–Trinajstić information content (AvgIpc) is 2.46. The largest absolute Gasteiger partial charge is 0.484 e. The molecule has 0 spiro atoms. The van der Waals surface area contributed by atoms with Crippen molar-refractivity contribution in [3.8, 4) is 5.75 Å². The molecule has 0 aliphatic rings. The average molecular weight is 278 g/mol. The molecule has 0 saturated heterocycles. The van der Waals surface area contributed by atoms with Crippen molar-refractivity contribution in [2.75, 3.05) is 18.5 Å². The highest BCUT2D eigenvalue weighted by Gasteiger charge is 2.10. The zero-order valence-electron chi connectivity index (χ0n) is 12.2. The van der Waals surface area contributed by atoms with E-state index in [0.29, 0.717) is 12.3 Å². The van der Waals surface area contributed by atoms with Crippen LogP contribution in [0.25, 0.3) is 0 Å². The molecule has 2 amide bonds. The number of benzene rings is 1. The van der Waals surface area contributed by atoms with Crippen LogP contribution in [-0.4, -0.2) is 25.0 Å². The Balaban J connectivity index is 2.48. The Morgan fingerprint density at radius 2 is 1.85 bits per heavy atom. The monoisotopic (exact) mass is 278 g/mol. The van der Waals surface area contributed by atoms with Crippen LogP contribution in [0.3, 0.4) is 0 Å². The van der Waals surface area contributed by atoms with Crippen LogP contribution in [-0.2, 0) is 9.59 Å². The van der Waals surface area contributed by atoms with E-state index in [1.807, 2.05) is 20.8 Å². The molecule has 5 heteroatoms. The molecule has 0 radical (unpaired) electrons. The maximum Gasteiger partial charge on any atom is 0.257 e. The standard InChI is InChI=1S/C15H22N2O3/c1-4-11(3)15(19)17-12-6-8-13(9-7-12)20-10-14(18)16-5-2/h6-9,11H,4-5,10H2,1-3H3,(H,16,18)(H,17,19).